The zero-order chi connectivity index (χ0) is 14.8. The van der Waals surface area contributed by atoms with Crippen molar-refractivity contribution in [3.05, 3.63) is 17.7 Å². The van der Waals surface area contributed by atoms with E-state index in [2.05, 4.69) is 17.3 Å². The number of nitrogen functional groups attached to an aromatic ring is 1. The van der Waals surface area contributed by atoms with E-state index in [0.717, 1.165) is 44.5 Å². The number of rotatable bonds is 4. The quantitative estimate of drug-likeness (QED) is 0.660. The zero-order valence-corrected chi connectivity index (χ0v) is 11.4. The van der Waals surface area contributed by atoms with Gasteiger partial charge in [0.2, 0.25) is 0 Å². The van der Waals surface area contributed by atoms with E-state index in [1.165, 1.54) is 0 Å². The second-order valence-corrected chi connectivity index (χ2v) is 5.13. The average molecular weight is 288 g/mol. The molecule has 1 atom stereocenters. The Morgan fingerprint density at radius 2 is 2.20 bits per heavy atom. The highest BCUT2D eigenvalue weighted by molar-refractivity contribution is 5.51. The summed E-state index contributed by atoms with van der Waals surface area (Å²) in [5.41, 5.74) is 1.47. The summed E-state index contributed by atoms with van der Waals surface area (Å²) in [6, 6.07) is 2.01. The molecule has 0 spiro atoms. The molecule has 1 aliphatic rings. The summed E-state index contributed by atoms with van der Waals surface area (Å²) in [5, 5.41) is 0. The molecule has 2 heterocycles. The van der Waals surface area contributed by atoms with Crippen LogP contribution >= 0.6 is 0 Å². The van der Waals surface area contributed by atoms with Crippen LogP contribution in [0.25, 0.3) is 0 Å². The zero-order valence-electron chi connectivity index (χ0n) is 11.4. The maximum atomic E-state index is 12.9. The monoisotopic (exact) mass is 288 g/mol. The lowest BCUT2D eigenvalue weighted by molar-refractivity contribution is -0.137. The van der Waals surface area contributed by atoms with Gasteiger partial charge in [0.25, 0.3) is 0 Å². The van der Waals surface area contributed by atoms with Crippen molar-refractivity contribution in [1.29, 1.82) is 0 Å². The average Bonchev–Trinajstić information content (AvgIpc) is 2.86. The molecule has 2 rings (SSSR count). The third-order valence-corrected chi connectivity index (χ3v) is 3.59. The first-order valence-corrected chi connectivity index (χ1v) is 6.75. The Bertz CT molecular complexity index is 461. The van der Waals surface area contributed by atoms with Crippen LogP contribution in [0.4, 0.5) is 24.8 Å². The first-order chi connectivity index (χ1) is 9.44. The van der Waals surface area contributed by atoms with Gasteiger partial charge in [0.15, 0.2) is 0 Å². The van der Waals surface area contributed by atoms with Crippen molar-refractivity contribution in [1.82, 2.24) is 4.98 Å². The molecule has 3 N–H and O–H groups in total. The smallest absolute Gasteiger partial charge is 0.356 e. The van der Waals surface area contributed by atoms with Crippen molar-refractivity contribution >= 4 is 11.6 Å². The predicted octanol–water partition coefficient (Wildman–Crippen LogP) is 3.01. The van der Waals surface area contributed by atoms with Gasteiger partial charge in [-0.1, -0.05) is 13.3 Å². The van der Waals surface area contributed by atoms with E-state index in [-0.39, 0.29) is 5.82 Å². The van der Waals surface area contributed by atoms with Crippen LogP contribution in [0.3, 0.4) is 0 Å². The summed E-state index contributed by atoms with van der Waals surface area (Å²) in [7, 11) is 0. The molecule has 0 saturated carbocycles. The molecule has 4 nitrogen and oxygen atoms in total. The fourth-order valence-electron chi connectivity index (χ4n) is 2.60. The van der Waals surface area contributed by atoms with Gasteiger partial charge in [0.1, 0.15) is 11.6 Å². The van der Waals surface area contributed by atoms with Crippen molar-refractivity contribution in [2.24, 2.45) is 11.8 Å². The van der Waals surface area contributed by atoms with Crippen molar-refractivity contribution in [2.75, 3.05) is 23.4 Å². The van der Waals surface area contributed by atoms with E-state index in [4.69, 9.17) is 5.84 Å². The summed E-state index contributed by atoms with van der Waals surface area (Å²) in [5.74, 6) is 6.11. The second-order valence-electron chi connectivity index (χ2n) is 5.13. The highest BCUT2D eigenvalue weighted by Crippen LogP contribution is 2.34. The summed E-state index contributed by atoms with van der Waals surface area (Å²) in [4.78, 5) is 6.03. The minimum atomic E-state index is -4.40. The highest BCUT2D eigenvalue weighted by atomic mass is 19.4. The largest absolute Gasteiger partial charge is 0.416 e. The molecule has 7 heteroatoms. The number of halogens is 3. The van der Waals surface area contributed by atoms with Crippen molar-refractivity contribution < 1.29 is 13.2 Å². The van der Waals surface area contributed by atoms with Crippen LogP contribution in [-0.4, -0.2) is 18.1 Å². The summed E-state index contributed by atoms with van der Waals surface area (Å²) < 4.78 is 38.6. The van der Waals surface area contributed by atoms with Gasteiger partial charge in [0, 0.05) is 13.1 Å². The minimum absolute atomic E-state index is 0.0359. The van der Waals surface area contributed by atoms with Crippen LogP contribution in [0.15, 0.2) is 12.1 Å². The molecule has 0 radical (unpaired) electrons. The van der Waals surface area contributed by atoms with Crippen molar-refractivity contribution in [3.8, 4) is 0 Å². The number of nitrogens with zero attached hydrogens (tertiary/aromatic N) is 2. The van der Waals surface area contributed by atoms with E-state index in [1.807, 2.05) is 4.90 Å². The summed E-state index contributed by atoms with van der Waals surface area (Å²) in [6.07, 6.45) is -1.22. The normalized spacial score (nSPS) is 19.4. The molecule has 1 aliphatic heterocycles. The Hall–Kier alpha value is -1.50. The Labute approximate surface area is 116 Å². The van der Waals surface area contributed by atoms with Gasteiger partial charge in [0.05, 0.1) is 5.56 Å². The fourth-order valence-corrected chi connectivity index (χ4v) is 2.60. The van der Waals surface area contributed by atoms with E-state index in [0.29, 0.717) is 11.7 Å². The minimum Gasteiger partial charge on any atom is -0.356 e. The van der Waals surface area contributed by atoms with Gasteiger partial charge < -0.3 is 10.3 Å². The predicted molar refractivity (Wildman–Crippen MR) is 72.3 cm³/mol. The molecule has 0 amide bonds. The maximum Gasteiger partial charge on any atom is 0.416 e. The number of nitrogens with one attached hydrogen (secondary N) is 1. The van der Waals surface area contributed by atoms with Crippen LogP contribution in [0, 0.1) is 5.92 Å². The molecule has 1 fully saturated rings. The lowest BCUT2D eigenvalue weighted by Gasteiger charge is -2.20. The molecule has 0 aliphatic carbocycles. The number of hydrogen-bond acceptors (Lipinski definition) is 4. The number of pyridine rings is 1. The van der Waals surface area contributed by atoms with E-state index in [1.54, 1.807) is 0 Å². The number of hydrazine groups is 1. The summed E-state index contributed by atoms with van der Waals surface area (Å²) in [6.45, 7) is 3.61. The maximum absolute atomic E-state index is 12.9. The number of aromatic nitrogens is 1. The molecule has 1 unspecified atom stereocenters. The van der Waals surface area contributed by atoms with Crippen LogP contribution in [0.1, 0.15) is 31.7 Å². The molecule has 1 saturated heterocycles. The van der Waals surface area contributed by atoms with Gasteiger partial charge in [-0.25, -0.2) is 10.8 Å². The van der Waals surface area contributed by atoms with Crippen LogP contribution in [0.2, 0.25) is 0 Å². The lowest BCUT2D eigenvalue weighted by atomic mass is 10.0. The first-order valence-electron chi connectivity index (χ1n) is 6.75. The topological polar surface area (TPSA) is 54.2 Å². The molecule has 112 valence electrons. The van der Waals surface area contributed by atoms with E-state index < -0.39 is 11.7 Å². The number of nitrogens with two attached hydrogens (primary N) is 1. The van der Waals surface area contributed by atoms with Crippen LogP contribution < -0.4 is 16.2 Å². The Kier molecular flexibility index (Phi) is 4.37. The molecule has 20 heavy (non-hydrogen) atoms. The Morgan fingerprint density at radius 3 is 2.80 bits per heavy atom. The molecule has 1 aromatic heterocycles. The van der Waals surface area contributed by atoms with Gasteiger partial charge in [-0.15, -0.1) is 0 Å². The molecule has 0 bridgehead atoms. The van der Waals surface area contributed by atoms with Crippen LogP contribution in [-0.2, 0) is 6.18 Å². The Morgan fingerprint density at radius 1 is 1.45 bits per heavy atom. The SMILES string of the molecule is CCCC1CCN(c2cc(C(F)(F)F)cc(NN)n2)C1. The molecular weight excluding hydrogens is 269 g/mol. The number of anilines is 2. The van der Waals surface area contributed by atoms with Crippen LogP contribution in [0.5, 0.6) is 0 Å². The lowest BCUT2D eigenvalue weighted by Crippen LogP contribution is -2.23. The number of alkyl halides is 3. The van der Waals surface area contributed by atoms with Crippen molar-refractivity contribution in [2.45, 2.75) is 32.4 Å². The van der Waals surface area contributed by atoms with Gasteiger partial charge in [-0.2, -0.15) is 13.2 Å². The third kappa shape index (κ3) is 3.33. The van der Waals surface area contributed by atoms with Gasteiger partial charge >= 0.3 is 6.18 Å². The van der Waals surface area contributed by atoms with E-state index >= 15 is 0 Å². The first kappa shape index (κ1) is 14.9. The molecular formula is C13H19F3N4. The standard InChI is InChI=1S/C13H19F3N4/c1-2-3-9-4-5-20(8-9)12-7-10(13(14,15)16)6-11(18-12)19-17/h6-7,9H,2-5,8,17H2,1H3,(H,18,19). The Balaban J connectivity index is 2.23. The van der Waals surface area contributed by atoms with Gasteiger partial charge in [-0.3, -0.25) is 0 Å². The van der Waals surface area contributed by atoms with Crippen molar-refractivity contribution in [3.63, 3.8) is 0 Å². The fraction of sp³-hybridized carbons (Fsp3) is 0.615. The molecule has 0 aromatic carbocycles. The van der Waals surface area contributed by atoms with Gasteiger partial charge in [-0.05, 0) is 30.9 Å². The molecule has 1 aromatic rings. The third-order valence-electron chi connectivity index (χ3n) is 3.59. The second kappa shape index (κ2) is 5.87. The number of hydrogen-bond donors (Lipinski definition) is 2. The van der Waals surface area contributed by atoms with E-state index in [9.17, 15) is 13.2 Å². The summed E-state index contributed by atoms with van der Waals surface area (Å²) >= 11 is 0. The highest BCUT2D eigenvalue weighted by Gasteiger charge is 2.33.